The molecule has 0 radical (unpaired) electrons. The first-order chi connectivity index (χ1) is 11.2. The summed E-state index contributed by atoms with van der Waals surface area (Å²) in [7, 11) is 0. The number of rotatable bonds is 3. The molecular formula is C15H14N6O2. The van der Waals surface area contributed by atoms with E-state index in [1.165, 1.54) is 12.3 Å². The Bertz CT molecular complexity index is 747. The zero-order chi connectivity index (χ0) is 16.2. The van der Waals surface area contributed by atoms with Gasteiger partial charge in [0.25, 0.3) is 5.69 Å². The van der Waals surface area contributed by atoms with E-state index in [1.807, 2.05) is 0 Å². The maximum absolute atomic E-state index is 10.7. The molecule has 0 atom stereocenters. The lowest BCUT2D eigenvalue weighted by Gasteiger charge is -2.36. The van der Waals surface area contributed by atoms with Crippen molar-refractivity contribution in [1.82, 2.24) is 9.97 Å². The number of aromatic nitrogens is 2. The molecule has 116 valence electrons. The first-order valence-corrected chi connectivity index (χ1v) is 7.14. The average molecular weight is 310 g/mol. The van der Waals surface area contributed by atoms with Crippen LogP contribution in [0, 0.1) is 21.4 Å². The Kier molecular flexibility index (Phi) is 4.01. The second kappa shape index (κ2) is 6.27. The van der Waals surface area contributed by atoms with Crippen molar-refractivity contribution >= 4 is 17.3 Å². The third-order valence-corrected chi connectivity index (χ3v) is 3.75. The molecule has 0 aliphatic carbocycles. The highest BCUT2D eigenvalue weighted by Gasteiger charge is 2.21. The smallest absolute Gasteiger partial charge is 0.287 e. The van der Waals surface area contributed by atoms with Crippen LogP contribution in [0.5, 0.6) is 0 Å². The number of nitriles is 1. The van der Waals surface area contributed by atoms with E-state index in [0.29, 0.717) is 37.6 Å². The van der Waals surface area contributed by atoms with Crippen LogP contribution in [0.1, 0.15) is 5.56 Å². The van der Waals surface area contributed by atoms with Gasteiger partial charge in [0, 0.05) is 38.4 Å². The fraction of sp³-hybridized carbons (Fsp3) is 0.267. The lowest BCUT2D eigenvalue weighted by molar-refractivity contribution is -0.385. The summed E-state index contributed by atoms with van der Waals surface area (Å²) in [6.45, 7) is 2.85. The largest absolute Gasteiger partial charge is 0.353 e. The Morgan fingerprint density at radius 2 is 1.87 bits per heavy atom. The lowest BCUT2D eigenvalue weighted by atomic mass is 10.2. The van der Waals surface area contributed by atoms with Gasteiger partial charge in [-0.1, -0.05) is 0 Å². The van der Waals surface area contributed by atoms with Crippen LogP contribution in [0.3, 0.4) is 0 Å². The molecule has 0 spiro atoms. The summed E-state index contributed by atoms with van der Waals surface area (Å²) in [6, 6.07) is 8.79. The van der Waals surface area contributed by atoms with Crippen LogP contribution in [0.25, 0.3) is 0 Å². The van der Waals surface area contributed by atoms with Gasteiger partial charge in [-0.25, -0.2) is 9.97 Å². The minimum Gasteiger partial charge on any atom is -0.353 e. The molecule has 3 rings (SSSR count). The molecule has 3 heterocycles. The zero-order valence-electron chi connectivity index (χ0n) is 12.3. The highest BCUT2D eigenvalue weighted by Crippen LogP contribution is 2.21. The molecule has 0 saturated carbocycles. The van der Waals surface area contributed by atoms with Gasteiger partial charge in [-0.15, -0.1) is 0 Å². The number of anilines is 2. The van der Waals surface area contributed by atoms with Crippen LogP contribution in [0.15, 0.2) is 36.7 Å². The van der Waals surface area contributed by atoms with Crippen LogP contribution in [0.4, 0.5) is 17.3 Å². The van der Waals surface area contributed by atoms with Gasteiger partial charge in [0.2, 0.25) is 0 Å². The molecule has 2 aromatic heterocycles. The molecular weight excluding hydrogens is 296 g/mol. The highest BCUT2D eigenvalue weighted by atomic mass is 16.6. The SMILES string of the molecule is N#Cc1cccnc1N1CCN(c2ccc([N+](=O)[O-])cn2)CC1. The summed E-state index contributed by atoms with van der Waals surface area (Å²) in [5.74, 6) is 1.42. The van der Waals surface area contributed by atoms with E-state index in [4.69, 9.17) is 5.26 Å². The number of hydrogen-bond donors (Lipinski definition) is 0. The number of pyridine rings is 2. The topological polar surface area (TPSA) is 99.2 Å². The van der Waals surface area contributed by atoms with Gasteiger partial charge in [-0.2, -0.15) is 5.26 Å². The van der Waals surface area contributed by atoms with Crippen molar-refractivity contribution in [3.05, 3.63) is 52.3 Å². The second-order valence-electron chi connectivity index (χ2n) is 5.09. The van der Waals surface area contributed by atoms with E-state index in [9.17, 15) is 10.1 Å². The standard InChI is InChI=1S/C15H14N6O2/c16-10-12-2-1-5-17-15(12)20-8-6-19(7-9-20)14-4-3-13(11-18-14)21(22)23/h1-5,11H,6-9H2. The third-order valence-electron chi connectivity index (χ3n) is 3.75. The molecule has 1 saturated heterocycles. The molecule has 1 aliphatic rings. The number of hydrogen-bond acceptors (Lipinski definition) is 7. The van der Waals surface area contributed by atoms with Crippen molar-refractivity contribution in [2.24, 2.45) is 0 Å². The minimum atomic E-state index is -0.459. The lowest BCUT2D eigenvalue weighted by Crippen LogP contribution is -2.47. The van der Waals surface area contributed by atoms with E-state index in [2.05, 4.69) is 25.8 Å². The van der Waals surface area contributed by atoms with Gasteiger partial charge >= 0.3 is 0 Å². The average Bonchev–Trinajstić information content (AvgIpc) is 2.62. The summed E-state index contributed by atoms with van der Waals surface area (Å²) < 4.78 is 0. The fourth-order valence-electron chi connectivity index (χ4n) is 2.56. The molecule has 0 bridgehead atoms. The second-order valence-corrected chi connectivity index (χ2v) is 5.09. The van der Waals surface area contributed by atoms with Crippen LogP contribution < -0.4 is 9.80 Å². The van der Waals surface area contributed by atoms with Crippen molar-refractivity contribution in [1.29, 1.82) is 5.26 Å². The fourth-order valence-corrected chi connectivity index (χ4v) is 2.56. The number of piperazine rings is 1. The normalized spacial score (nSPS) is 14.4. The Balaban J connectivity index is 1.69. The van der Waals surface area contributed by atoms with Crippen LogP contribution in [-0.4, -0.2) is 41.1 Å². The first-order valence-electron chi connectivity index (χ1n) is 7.14. The van der Waals surface area contributed by atoms with Crippen LogP contribution >= 0.6 is 0 Å². The van der Waals surface area contributed by atoms with Gasteiger partial charge in [-0.3, -0.25) is 10.1 Å². The maximum Gasteiger partial charge on any atom is 0.287 e. The van der Waals surface area contributed by atoms with Gasteiger partial charge in [0.15, 0.2) is 0 Å². The quantitative estimate of drug-likeness (QED) is 0.627. The molecule has 1 fully saturated rings. The number of nitrogens with zero attached hydrogens (tertiary/aromatic N) is 6. The Labute approximate surface area is 132 Å². The zero-order valence-corrected chi connectivity index (χ0v) is 12.3. The molecule has 8 nitrogen and oxygen atoms in total. The molecule has 23 heavy (non-hydrogen) atoms. The van der Waals surface area contributed by atoms with Gasteiger partial charge < -0.3 is 9.80 Å². The maximum atomic E-state index is 10.7. The molecule has 0 aromatic carbocycles. The highest BCUT2D eigenvalue weighted by molar-refractivity contribution is 5.55. The van der Waals surface area contributed by atoms with E-state index in [-0.39, 0.29) is 5.69 Å². The van der Waals surface area contributed by atoms with Crippen molar-refractivity contribution in [2.45, 2.75) is 0 Å². The van der Waals surface area contributed by atoms with Crippen molar-refractivity contribution in [3.8, 4) is 6.07 Å². The van der Waals surface area contributed by atoms with Crippen LogP contribution in [0.2, 0.25) is 0 Å². The Hall–Kier alpha value is -3.21. The van der Waals surface area contributed by atoms with Crippen molar-refractivity contribution < 1.29 is 4.92 Å². The Morgan fingerprint density at radius 1 is 1.13 bits per heavy atom. The number of nitro groups is 1. The van der Waals surface area contributed by atoms with Crippen LogP contribution in [-0.2, 0) is 0 Å². The third kappa shape index (κ3) is 3.03. The molecule has 0 amide bonds. The summed E-state index contributed by atoms with van der Waals surface area (Å²) in [6.07, 6.45) is 2.95. The predicted octanol–water partition coefficient (Wildman–Crippen LogP) is 1.58. The van der Waals surface area contributed by atoms with Gasteiger partial charge in [0.1, 0.15) is 23.9 Å². The summed E-state index contributed by atoms with van der Waals surface area (Å²) >= 11 is 0. The van der Waals surface area contributed by atoms with E-state index in [0.717, 1.165) is 5.82 Å². The first kappa shape index (κ1) is 14.7. The monoisotopic (exact) mass is 310 g/mol. The Morgan fingerprint density at radius 3 is 2.48 bits per heavy atom. The molecule has 0 N–H and O–H groups in total. The van der Waals surface area contributed by atoms with Gasteiger partial charge in [-0.05, 0) is 18.2 Å². The summed E-state index contributed by atoms with van der Waals surface area (Å²) in [5, 5.41) is 19.8. The molecule has 8 heteroatoms. The van der Waals surface area contributed by atoms with E-state index in [1.54, 1.807) is 24.4 Å². The molecule has 2 aromatic rings. The van der Waals surface area contributed by atoms with Crippen molar-refractivity contribution in [3.63, 3.8) is 0 Å². The van der Waals surface area contributed by atoms with Gasteiger partial charge in [0.05, 0.1) is 10.5 Å². The summed E-state index contributed by atoms with van der Waals surface area (Å²) in [4.78, 5) is 22.8. The van der Waals surface area contributed by atoms with E-state index >= 15 is 0 Å². The minimum absolute atomic E-state index is 0.0143. The molecule has 1 aliphatic heterocycles. The predicted molar refractivity (Wildman–Crippen MR) is 84.3 cm³/mol. The van der Waals surface area contributed by atoms with Crippen molar-refractivity contribution in [2.75, 3.05) is 36.0 Å². The van der Waals surface area contributed by atoms with E-state index < -0.39 is 4.92 Å². The summed E-state index contributed by atoms with van der Waals surface area (Å²) in [5.41, 5.74) is 0.550. The molecule has 0 unspecified atom stereocenters.